The SMILES string of the molecule is CC1(C)C(/C=C/C=C/C=C2/N(NCCN3C(=O)C=CC3=O)c3ccc(S(=O)(=O)O)cc3C2(C)C)=[N+](CCCC2=C/C=C\C=C/C=C\2)c2ccc(S(=O)(=O)O)cc21. The van der Waals surface area contributed by atoms with Crippen LogP contribution in [0.25, 0.3) is 0 Å². The van der Waals surface area contributed by atoms with Crippen LogP contribution in [0.4, 0.5) is 11.4 Å². The molecule has 4 aliphatic rings. The molecular formula is C42H45N4O8S2+. The molecule has 6 rings (SSSR count). The number of carbonyl (C=O) groups excluding carboxylic acids is 2. The first-order valence-electron chi connectivity index (χ1n) is 18.1. The van der Waals surface area contributed by atoms with E-state index < -0.39 is 42.9 Å². The van der Waals surface area contributed by atoms with Gasteiger partial charge in [-0.3, -0.25) is 28.6 Å². The number of amides is 2. The summed E-state index contributed by atoms with van der Waals surface area (Å²) in [5.74, 6) is -0.795. The summed E-state index contributed by atoms with van der Waals surface area (Å²) in [5, 5.41) is 1.79. The quantitative estimate of drug-likeness (QED) is 0.0925. The minimum Gasteiger partial charge on any atom is -0.282 e. The van der Waals surface area contributed by atoms with Gasteiger partial charge in [0, 0.05) is 60.5 Å². The Bertz CT molecular complexity index is 2460. The number of hydrazine groups is 1. The third kappa shape index (κ3) is 8.30. The predicted octanol–water partition coefficient (Wildman–Crippen LogP) is 6.17. The van der Waals surface area contributed by atoms with Gasteiger partial charge < -0.3 is 0 Å². The number of hydrogen-bond donors (Lipinski definition) is 3. The van der Waals surface area contributed by atoms with E-state index in [1.165, 1.54) is 42.0 Å². The second kappa shape index (κ2) is 15.7. The number of fused-ring (bicyclic) bond motifs is 2. The Balaban J connectivity index is 1.29. The fraction of sp³-hybridized carbons (Fsp3) is 0.262. The molecule has 12 nitrogen and oxygen atoms in total. The van der Waals surface area contributed by atoms with Crippen LogP contribution in [0.2, 0.25) is 0 Å². The normalized spacial score (nSPS) is 22.2. The first kappa shape index (κ1) is 40.4. The van der Waals surface area contributed by atoms with E-state index in [4.69, 9.17) is 0 Å². The number of rotatable bonds is 13. The molecule has 0 spiro atoms. The van der Waals surface area contributed by atoms with E-state index in [1.54, 1.807) is 17.1 Å². The van der Waals surface area contributed by atoms with Crippen LogP contribution < -0.4 is 10.4 Å². The largest absolute Gasteiger partial charge is 0.294 e. The van der Waals surface area contributed by atoms with Crippen LogP contribution in [-0.2, 0) is 40.7 Å². The van der Waals surface area contributed by atoms with Gasteiger partial charge in [0.2, 0.25) is 5.69 Å². The van der Waals surface area contributed by atoms with E-state index in [2.05, 4.69) is 22.2 Å². The molecule has 0 radical (unpaired) electrons. The van der Waals surface area contributed by atoms with Crippen molar-refractivity contribution in [3.05, 3.63) is 144 Å². The summed E-state index contributed by atoms with van der Waals surface area (Å²) in [4.78, 5) is 25.0. The second-order valence-corrected chi connectivity index (χ2v) is 17.6. The first-order valence-corrected chi connectivity index (χ1v) is 21.0. The highest BCUT2D eigenvalue weighted by Crippen LogP contribution is 2.47. The molecule has 3 heterocycles. The highest BCUT2D eigenvalue weighted by atomic mass is 32.2. The molecule has 0 saturated heterocycles. The van der Waals surface area contributed by atoms with Crippen LogP contribution in [0.1, 0.15) is 51.7 Å². The van der Waals surface area contributed by atoms with E-state index in [-0.39, 0.29) is 22.9 Å². The van der Waals surface area contributed by atoms with E-state index in [9.17, 15) is 35.5 Å². The molecule has 2 aromatic carbocycles. The molecule has 0 unspecified atom stereocenters. The zero-order chi connectivity index (χ0) is 40.5. The lowest BCUT2D eigenvalue weighted by Gasteiger charge is -2.28. The molecule has 2 amide bonds. The van der Waals surface area contributed by atoms with Gasteiger partial charge in [-0.25, -0.2) is 5.43 Å². The highest BCUT2D eigenvalue weighted by molar-refractivity contribution is 7.86. The van der Waals surface area contributed by atoms with Gasteiger partial charge in [0.25, 0.3) is 32.1 Å². The van der Waals surface area contributed by atoms with Crippen LogP contribution in [0.15, 0.2) is 143 Å². The zero-order valence-corrected chi connectivity index (χ0v) is 33.2. The van der Waals surface area contributed by atoms with Crippen molar-refractivity contribution in [1.29, 1.82) is 0 Å². The van der Waals surface area contributed by atoms with Crippen molar-refractivity contribution in [2.75, 3.05) is 24.6 Å². The number of carbonyl (C=O) groups is 2. The summed E-state index contributed by atoms with van der Waals surface area (Å²) >= 11 is 0. The molecular weight excluding hydrogens is 753 g/mol. The van der Waals surface area contributed by atoms with Gasteiger partial charge in [-0.2, -0.15) is 21.4 Å². The Hall–Kier alpha value is -5.25. The summed E-state index contributed by atoms with van der Waals surface area (Å²) in [7, 11) is -8.89. The zero-order valence-electron chi connectivity index (χ0n) is 31.6. The van der Waals surface area contributed by atoms with Crippen molar-refractivity contribution in [3.8, 4) is 0 Å². The van der Waals surface area contributed by atoms with E-state index in [0.29, 0.717) is 17.8 Å². The summed E-state index contributed by atoms with van der Waals surface area (Å²) in [6, 6.07) is 9.06. The lowest BCUT2D eigenvalue weighted by atomic mass is 9.81. The Labute approximate surface area is 328 Å². The molecule has 1 aliphatic carbocycles. The number of imide groups is 1. The smallest absolute Gasteiger partial charge is 0.282 e. The molecule has 14 heteroatoms. The molecule has 0 saturated carbocycles. The number of benzene rings is 2. The van der Waals surface area contributed by atoms with Gasteiger partial charge in [0.1, 0.15) is 6.54 Å². The molecule has 0 fully saturated rings. The lowest BCUT2D eigenvalue weighted by molar-refractivity contribution is -0.438. The summed E-state index contributed by atoms with van der Waals surface area (Å²) in [6.45, 7) is 8.86. The fourth-order valence-electron chi connectivity index (χ4n) is 7.42. The van der Waals surface area contributed by atoms with Crippen molar-refractivity contribution in [3.63, 3.8) is 0 Å². The minimum absolute atomic E-state index is 0.105. The number of anilines is 1. The number of nitrogens with zero attached hydrogens (tertiary/aromatic N) is 3. The van der Waals surface area contributed by atoms with E-state index >= 15 is 0 Å². The van der Waals surface area contributed by atoms with Crippen LogP contribution in [0.3, 0.4) is 0 Å². The van der Waals surface area contributed by atoms with Gasteiger partial charge in [-0.05, 0) is 67.8 Å². The van der Waals surface area contributed by atoms with Gasteiger partial charge in [-0.1, -0.05) is 74.6 Å². The fourth-order valence-corrected chi connectivity index (χ4v) is 8.44. The summed E-state index contributed by atoms with van der Waals surface area (Å²) < 4.78 is 70.2. The Morgan fingerprint density at radius 3 is 2.11 bits per heavy atom. The third-order valence-electron chi connectivity index (χ3n) is 10.4. The minimum atomic E-state index is -4.47. The maximum absolute atomic E-state index is 12.1. The number of allylic oxidation sites excluding steroid dienone is 14. The Morgan fingerprint density at radius 1 is 0.768 bits per heavy atom. The first-order chi connectivity index (χ1) is 26.4. The monoisotopic (exact) mass is 797 g/mol. The van der Waals surface area contributed by atoms with Gasteiger partial charge in [0.15, 0.2) is 5.71 Å². The second-order valence-electron chi connectivity index (χ2n) is 14.8. The highest BCUT2D eigenvalue weighted by Gasteiger charge is 2.45. The Morgan fingerprint density at radius 2 is 1.41 bits per heavy atom. The van der Waals surface area contributed by atoms with E-state index in [1.807, 2.05) is 88.5 Å². The molecule has 2 aromatic rings. The maximum Gasteiger partial charge on any atom is 0.294 e. The van der Waals surface area contributed by atoms with E-state index in [0.717, 1.165) is 40.4 Å². The van der Waals surface area contributed by atoms with Gasteiger partial charge >= 0.3 is 0 Å². The number of nitrogens with one attached hydrogen (secondary N) is 1. The molecule has 0 atom stereocenters. The van der Waals surface area contributed by atoms with Crippen LogP contribution in [-0.4, -0.2) is 72.6 Å². The summed E-state index contributed by atoms with van der Waals surface area (Å²) in [5.41, 5.74) is 7.74. The third-order valence-corrected chi connectivity index (χ3v) is 12.1. The van der Waals surface area contributed by atoms with Crippen LogP contribution >= 0.6 is 0 Å². The molecule has 0 bridgehead atoms. The van der Waals surface area contributed by atoms with Crippen molar-refractivity contribution < 1.29 is 40.1 Å². The lowest BCUT2D eigenvalue weighted by Crippen LogP contribution is -2.43. The van der Waals surface area contributed by atoms with Gasteiger partial charge in [0.05, 0.1) is 20.9 Å². The average molecular weight is 798 g/mol. The molecule has 3 aliphatic heterocycles. The average Bonchev–Trinajstić information content (AvgIpc) is 3.63. The molecule has 0 aromatic heterocycles. The summed E-state index contributed by atoms with van der Waals surface area (Å²) in [6.07, 6.45) is 27.7. The van der Waals surface area contributed by atoms with Crippen molar-refractivity contribution >= 4 is 49.1 Å². The van der Waals surface area contributed by atoms with Crippen molar-refractivity contribution in [2.24, 2.45) is 0 Å². The topological polar surface area (TPSA) is 164 Å². The van der Waals surface area contributed by atoms with Gasteiger partial charge in [-0.15, -0.1) is 0 Å². The predicted molar refractivity (Wildman–Crippen MR) is 216 cm³/mol. The molecule has 3 N–H and O–H groups in total. The molecule has 292 valence electrons. The van der Waals surface area contributed by atoms with Crippen molar-refractivity contribution in [1.82, 2.24) is 10.3 Å². The van der Waals surface area contributed by atoms with Crippen LogP contribution in [0.5, 0.6) is 0 Å². The standard InChI is InChI=1S/C42H44N4O8S2/c1-41(2)33-28-31(55(49,50)51)19-21-35(33)44(26-13-16-30-14-9-6-5-7-10-15-30)37(41)17-11-8-12-18-38-42(3,4)34-29-32(56(52,53)54)20-22-36(34)46(38)43-25-27-45-39(47)23-24-40(45)48/h5-12,14-15,17-24,28-29,43H,13,16,25-27H2,1-4H3,(H-,49,50,51,52,53,54)/p+1/b6-5-,7-5?,9-6?,10-7-,14-9-,15-10?,30-14?,30-15+. The molecule has 56 heavy (non-hydrogen) atoms. The van der Waals surface area contributed by atoms with Crippen LogP contribution in [0, 0.1) is 0 Å². The van der Waals surface area contributed by atoms with Crippen molar-refractivity contribution in [2.45, 2.75) is 61.2 Å². The Kier molecular flexibility index (Phi) is 11.3. The maximum atomic E-state index is 12.1. The number of hydrogen-bond acceptors (Lipinski definition) is 8.